The molecule has 1 aromatic carbocycles. The maximum Gasteiger partial charge on any atom is 0.220 e. The minimum absolute atomic E-state index is 0.00695. The number of carbonyl (C=O) groups is 1. The van der Waals surface area contributed by atoms with Gasteiger partial charge in [-0.15, -0.1) is 0 Å². The Morgan fingerprint density at radius 2 is 1.85 bits per heavy atom. The molecule has 0 aliphatic carbocycles. The second kappa shape index (κ2) is 6.81. The van der Waals surface area contributed by atoms with Gasteiger partial charge in [-0.2, -0.15) is 0 Å². The van der Waals surface area contributed by atoms with Crippen LogP contribution in [0.3, 0.4) is 0 Å². The van der Waals surface area contributed by atoms with Gasteiger partial charge in [-0.1, -0.05) is 42.5 Å². The first-order valence-corrected chi connectivity index (χ1v) is 7.35. The number of rotatable bonds is 5. The molecule has 0 radical (unpaired) electrons. The van der Waals surface area contributed by atoms with Crippen molar-refractivity contribution in [1.29, 1.82) is 0 Å². The van der Waals surface area contributed by atoms with Crippen molar-refractivity contribution in [2.75, 3.05) is 13.1 Å². The minimum Gasteiger partial charge on any atom is -0.393 e. The van der Waals surface area contributed by atoms with E-state index < -0.39 is 0 Å². The van der Waals surface area contributed by atoms with Crippen LogP contribution in [0.2, 0.25) is 0 Å². The van der Waals surface area contributed by atoms with E-state index in [9.17, 15) is 4.79 Å². The zero-order valence-corrected chi connectivity index (χ0v) is 12.3. The SMILES string of the molecule is NC(=O)C1CCN(C(CC(N)=S)c2ccccc2)CC1. The molecule has 5 heteroatoms. The highest BCUT2D eigenvalue weighted by molar-refractivity contribution is 7.80. The van der Waals surface area contributed by atoms with Gasteiger partial charge in [0.25, 0.3) is 0 Å². The van der Waals surface area contributed by atoms with E-state index in [1.54, 1.807) is 0 Å². The normalized spacial score (nSPS) is 18.6. The van der Waals surface area contributed by atoms with Gasteiger partial charge >= 0.3 is 0 Å². The first-order valence-electron chi connectivity index (χ1n) is 6.94. The number of carbonyl (C=O) groups excluding carboxylic acids is 1. The van der Waals surface area contributed by atoms with Crippen molar-refractivity contribution in [2.45, 2.75) is 25.3 Å². The van der Waals surface area contributed by atoms with Crippen LogP contribution < -0.4 is 11.5 Å². The summed E-state index contributed by atoms with van der Waals surface area (Å²) in [5.74, 6) is -0.178. The molecule has 1 aliphatic heterocycles. The van der Waals surface area contributed by atoms with Gasteiger partial charge in [-0.05, 0) is 31.5 Å². The van der Waals surface area contributed by atoms with Gasteiger partial charge in [-0.3, -0.25) is 9.69 Å². The van der Waals surface area contributed by atoms with Crippen LogP contribution in [-0.4, -0.2) is 28.9 Å². The smallest absolute Gasteiger partial charge is 0.220 e. The molecule has 1 saturated heterocycles. The molecule has 1 unspecified atom stereocenters. The second-order valence-electron chi connectivity index (χ2n) is 5.31. The van der Waals surface area contributed by atoms with Crippen molar-refractivity contribution in [3.8, 4) is 0 Å². The van der Waals surface area contributed by atoms with Gasteiger partial charge in [0.1, 0.15) is 0 Å². The molecule has 20 heavy (non-hydrogen) atoms. The molecule has 2 rings (SSSR count). The van der Waals surface area contributed by atoms with Crippen molar-refractivity contribution >= 4 is 23.1 Å². The minimum atomic E-state index is -0.185. The zero-order valence-electron chi connectivity index (χ0n) is 11.5. The van der Waals surface area contributed by atoms with Crippen molar-refractivity contribution < 1.29 is 4.79 Å². The monoisotopic (exact) mass is 291 g/mol. The number of likely N-dealkylation sites (tertiary alicyclic amines) is 1. The molecule has 0 bridgehead atoms. The number of piperidine rings is 1. The second-order valence-corrected chi connectivity index (χ2v) is 5.83. The highest BCUT2D eigenvalue weighted by Gasteiger charge is 2.28. The summed E-state index contributed by atoms with van der Waals surface area (Å²) in [6.07, 6.45) is 2.30. The van der Waals surface area contributed by atoms with Crippen LogP contribution >= 0.6 is 12.2 Å². The molecular weight excluding hydrogens is 270 g/mol. The molecule has 4 N–H and O–H groups in total. The number of hydrogen-bond donors (Lipinski definition) is 2. The fourth-order valence-corrected chi connectivity index (χ4v) is 2.98. The molecule has 1 atom stereocenters. The van der Waals surface area contributed by atoms with E-state index in [0.29, 0.717) is 11.4 Å². The highest BCUT2D eigenvalue weighted by atomic mass is 32.1. The van der Waals surface area contributed by atoms with Crippen molar-refractivity contribution in [3.05, 3.63) is 35.9 Å². The predicted molar refractivity (Wildman–Crippen MR) is 84.1 cm³/mol. The molecule has 4 nitrogen and oxygen atoms in total. The van der Waals surface area contributed by atoms with Crippen LogP contribution in [0.4, 0.5) is 0 Å². The number of nitrogens with zero attached hydrogens (tertiary/aromatic N) is 1. The Hall–Kier alpha value is -1.46. The van der Waals surface area contributed by atoms with E-state index in [2.05, 4.69) is 17.0 Å². The summed E-state index contributed by atoms with van der Waals surface area (Å²) in [5, 5.41) is 0. The van der Waals surface area contributed by atoms with Gasteiger partial charge in [-0.25, -0.2) is 0 Å². The number of amides is 1. The lowest BCUT2D eigenvalue weighted by atomic mass is 9.93. The summed E-state index contributed by atoms with van der Waals surface area (Å²) in [5.41, 5.74) is 12.3. The Kier molecular flexibility index (Phi) is 5.09. The van der Waals surface area contributed by atoms with Crippen LogP contribution in [0.15, 0.2) is 30.3 Å². The van der Waals surface area contributed by atoms with Crippen molar-refractivity contribution in [2.24, 2.45) is 17.4 Å². The summed E-state index contributed by atoms with van der Waals surface area (Å²) in [4.78, 5) is 14.1. The van der Waals surface area contributed by atoms with E-state index in [4.69, 9.17) is 23.7 Å². The lowest BCUT2D eigenvalue weighted by molar-refractivity contribution is -0.123. The summed E-state index contributed by atoms with van der Waals surface area (Å²) in [7, 11) is 0. The van der Waals surface area contributed by atoms with Gasteiger partial charge < -0.3 is 11.5 Å². The van der Waals surface area contributed by atoms with Gasteiger partial charge in [0.2, 0.25) is 5.91 Å². The number of thiocarbonyl (C=S) groups is 1. The van der Waals surface area contributed by atoms with E-state index in [1.807, 2.05) is 18.2 Å². The Morgan fingerprint density at radius 1 is 1.25 bits per heavy atom. The molecule has 0 saturated carbocycles. The summed E-state index contributed by atoms with van der Waals surface area (Å²) >= 11 is 5.08. The maximum absolute atomic E-state index is 11.2. The van der Waals surface area contributed by atoms with Gasteiger partial charge in [0, 0.05) is 18.4 Å². The molecular formula is C15H21N3OS. The number of primary amides is 1. The van der Waals surface area contributed by atoms with Crippen LogP contribution in [0.1, 0.15) is 30.9 Å². The Labute approximate surface area is 125 Å². The molecule has 1 aromatic rings. The van der Waals surface area contributed by atoms with Crippen LogP contribution in [0.5, 0.6) is 0 Å². The van der Waals surface area contributed by atoms with E-state index >= 15 is 0 Å². The van der Waals surface area contributed by atoms with Crippen LogP contribution in [0.25, 0.3) is 0 Å². The Balaban J connectivity index is 2.09. The molecule has 1 heterocycles. The first kappa shape index (κ1) is 14.9. The van der Waals surface area contributed by atoms with Crippen LogP contribution in [0, 0.1) is 5.92 Å². The molecule has 1 amide bonds. The third kappa shape index (κ3) is 3.77. The van der Waals surface area contributed by atoms with E-state index in [1.165, 1.54) is 5.56 Å². The zero-order chi connectivity index (χ0) is 14.5. The van der Waals surface area contributed by atoms with E-state index in [-0.39, 0.29) is 17.9 Å². The highest BCUT2D eigenvalue weighted by Crippen LogP contribution is 2.29. The number of hydrogen-bond acceptors (Lipinski definition) is 3. The first-order chi connectivity index (χ1) is 9.58. The number of nitrogens with two attached hydrogens (primary N) is 2. The van der Waals surface area contributed by atoms with Gasteiger partial charge in [0.15, 0.2) is 0 Å². The summed E-state index contributed by atoms with van der Waals surface area (Å²) in [6.45, 7) is 1.71. The largest absolute Gasteiger partial charge is 0.393 e. The fraction of sp³-hybridized carbons (Fsp3) is 0.467. The average Bonchev–Trinajstić information content (AvgIpc) is 2.45. The third-order valence-corrected chi connectivity index (χ3v) is 4.12. The number of benzene rings is 1. The predicted octanol–water partition coefficient (Wildman–Crippen LogP) is 1.60. The molecule has 108 valence electrons. The molecule has 1 aliphatic rings. The topological polar surface area (TPSA) is 72.4 Å². The Morgan fingerprint density at radius 3 is 2.35 bits per heavy atom. The van der Waals surface area contributed by atoms with Crippen LogP contribution in [-0.2, 0) is 4.79 Å². The third-order valence-electron chi connectivity index (χ3n) is 3.95. The van der Waals surface area contributed by atoms with Crippen molar-refractivity contribution in [3.63, 3.8) is 0 Å². The molecule has 0 aromatic heterocycles. The standard InChI is InChI=1S/C15H21N3OS/c16-14(20)10-13(11-4-2-1-3-5-11)18-8-6-12(7-9-18)15(17)19/h1-5,12-13H,6-10H2,(H2,16,20)(H2,17,19). The van der Waals surface area contributed by atoms with Crippen molar-refractivity contribution in [1.82, 2.24) is 4.90 Å². The average molecular weight is 291 g/mol. The van der Waals surface area contributed by atoms with Gasteiger partial charge in [0.05, 0.1) is 4.99 Å². The quantitative estimate of drug-likeness (QED) is 0.808. The lowest BCUT2D eigenvalue weighted by Crippen LogP contribution is -2.41. The lowest BCUT2D eigenvalue weighted by Gasteiger charge is -2.37. The maximum atomic E-state index is 11.2. The van der Waals surface area contributed by atoms with E-state index in [0.717, 1.165) is 25.9 Å². The summed E-state index contributed by atoms with van der Waals surface area (Å²) < 4.78 is 0. The molecule has 0 spiro atoms. The fourth-order valence-electron chi connectivity index (χ4n) is 2.82. The molecule has 1 fully saturated rings. The summed E-state index contributed by atoms with van der Waals surface area (Å²) in [6, 6.07) is 10.4. The Bertz CT molecular complexity index is 469.